The first-order chi connectivity index (χ1) is 9.72. The van der Waals surface area contributed by atoms with Crippen LogP contribution in [0.15, 0.2) is 0 Å². The maximum absolute atomic E-state index is 9.76. The highest BCUT2D eigenvalue weighted by atomic mass is 14.5. The summed E-state index contributed by atoms with van der Waals surface area (Å²) in [4.78, 5) is 0. The van der Waals surface area contributed by atoms with E-state index in [9.17, 15) is 5.26 Å². The Morgan fingerprint density at radius 3 is 2.20 bits per heavy atom. The minimum Gasteiger partial charge on any atom is -0.198 e. The maximum atomic E-state index is 9.76. The van der Waals surface area contributed by atoms with Crippen molar-refractivity contribution in [3.05, 3.63) is 0 Å². The van der Waals surface area contributed by atoms with Gasteiger partial charge in [-0.15, -0.1) is 0 Å². The number of hydrogen-bond donors (Lipinski definition) is 0. The first-order valence-electron chi connectivity index (χ1n) is 9.13. The first kappa shape index (κ1) is 15.9. The average molecular weight is 275 g/mol. The van der Waals surface area contributed by atoms with Gasteiger partial charge in [0.2, 0.25) is 0 Å². The minimum absolute atomic E-state index is 0.0142. The summed E-state index contributed by atoms with van der Waals surface area (Å²) in [6.45, 7) is 4.59. The monoisotopic (exact) mass is 275 g/mol. The lowest BCUT2D eigenvalue weighted by molar-refractivity contribution is 0.0955. The summed E-state index contributed by atoms with van der Waals surface area (Å²) in [6.07, 6.45) is 16.1. The van der Waals surface area contributed by atoms with Crippen LogP contribution in [0.5, 0.6) is 0 Å². The number of unbranched alkanes of at least 4 members (excludes halogenated alkanes) is 1. The summed E-state index contributed by atoms with van der Waals surface area (Å²) in [5.74, 6) is 2.53. The summed E-state index contributed by atoms with van der Waals surface area (Å²) in [5, 5.41) is 9.76. The molecule has 0 aromatic carbocycles. The summed E-state index contributed by atoms with van der Waals surface area (Å²) in [7, 11) is 0. The molecule has 0 N–H and O–H groups in total. The van der Waals surface area contributed by atoms with Crippen LogP contribution in [0.3, 0.4) is 0 Å². The Kier molecular flexibility index (Phi) is 5.94. The molecule has 114 valence electrons. The van der Waals surface area contributed by atoms with Crippen LogP contribution in [-0.4, -0.2) is 0 Å². The Labute approximate surface area is 126 Å². The van der Waals surface area contributed by atoms with Crippen LogP contribution >= 0.6 is 0 Å². The van der Waals surface area contributed by atoms with Crippen molar-refractivity contribution >= 4 is 0 Å². The van der Waals surface area contributed by atoms with Gasteiger partial charge in [0.1, 0.15) is 0 Å². The zero-order chi connectivity index (χ0) is 14.4. The van der Waals surface area contributed by atoms with Crippen LogP contribution < -0.4 is 0 Å². The van der Waals surface area contributed by atoms with E-state index in [4.69, 9.17) is 0 Å². The standard InChI is InChI=1S/C19H33N/c1-3-4-8-16(2)19(15-20)13-11-18(12-14-19)17-9-6-5-7-10-17/h16-18H,3-14H2,1-2H3/t16?,18-,19-. The van der Waals surface area contributed by atoms with E-state index in [1.807, 2.05) is 0 Å². The molecule has 0 aromatic heterocycles. The molecule has 0 bridgehead atoms. The van der Waals surface area contributed by atoms with E-state index in [0.717, 1.165) is 11.8 Å². The molecule has 0 heterocycles. The van der Waals surface area contributed by atoms with E-state index in [0.29, 0.717) is 5.92 Å². The van der Waals surface area contributed by atoms with Gasteiger partial charge in [-0.1, -0.05) is 58.8 Å². The Balaban J connectivity index is 1.88. The van der Waals surface area contributed by atoms with Gasteiger partial charge in [0.05, 0.1) is 11.5 Å². The smallest absolute Gasteiger partial charge is 0.0692 e. The van der Waals surface area contributed by atoms with Gasteiger partial charge in [-0.05, 0) is 49.9 Å². The molecule has 0 radical (unpaired) electrons. The normalized spacial score (nSPS) is 33.5. The predicted octanol–water partition coefficient (Wildman–Crippen LogP) is 6.09. The molecule has 1 nitrogen and oxygen atoms in total. The van der Waals surface area contributed by atoms with Gasteiger partial charge in [-0.3, -0.25) is 0 Å². The fourth-order valence-electron chi connectivity index (χ4n) is 4.73. The summed E-state index contributed by atoms with van der Waals surface area (Å²) < 4.78 is 0. The van der Waals surface area contributed by atoms with Crippen LogP contribution in [0.4, 0.5) is 0 Å². The number of hydrogen-bond acceptors (Lipinski definition) is 1. The highest BCUT2D eigenvalue weighted by Gasteiger charge is 2.41. The van der Waals surface area contributed by atoms with E-state index in [1.165, 1.54) is 77.0 Å². The highest BCUT2D eigenvalue weighted by molar-refractivity contribution is 5.04. The fraction of sp³-hybridized carbons (Fsp3) is 0.947. The zero-order valence-electron chi connectivity index (χ0n) is 13.7. The second kappa shape index (κ2) is 7.48. The van der Waals surface area contributed by atoms with Crippen LogP contribution in [0.1, 0.15) is 90.9 Å². The SMILES string of the molecule is CCCCC(C)[C@]1(C#N)CC[C@@H](C2CCCCC2)CC1. The third-order valence-electron chi connectivity index (χ3n) is 6.40. The molecule has 1 unspecified atom stereocenters. The lowest BCUT2D eigenvalue weighted by Gasteiger charge is -2.42. The van der Waals surface area contributed by atoms with E-state index < -0.39 is 0 Å². The van der Waals surface area contributed by atoms with E-state index in [1.54, 1.807) is 0 Å². The molecule has 0 spiro atoms. The van der Waals surface area contributed by atoms with Gasteiger partial charge in [-0.25, -0.2) is 0 Å². The van der Waals surface area contributed by atoms with Crippen molar-refractivity contribution in [2.45, 2.75) is 90.9 Å². The predicted molar refractivity (Wildman–Crippen MR) is 85.3 cm³/mol. The van der Waals surface area contributed by atoms with Crippen molar-refractivity contribution in [1.82, 2.24) is 0 Å². The third-order valence-corrected chi connectivity index (χ3v) is 6.40. The number of nitrogens with zero attached hydrogens (tertiary/aromatic N) is 1. The van der Waals surface area contributed by atoms with Crippen molar-refractivity contribution in [2.24, 2.45) is 23.2 Å². The second-order valence-electron chi connectivity index (χ2n) is 7.55. The largest absolute Gasteiger partial charge is 0.198 e. The van der Waals surface area contributed by atoms with Crippen molar-refractivity contribution in [3.63, 3.8) is 0 Å². The maximum Gasteiger partial charge on any atom is 0.0692 e. The molecule has 0 amide bonds. The van der Waals surface area contributed by atoms with E-state index in [2.05, 4.69) is 19.9 Å². The lowest BCUT2D eigenvalue weighted by Crippen LogP contribution is -2.34. The van der Waals surface area contributed by atoms with Crippen molar-refractivity contribution < 1.29 is 0 Å². The number of rotatable bonds is 5. The Morgan fingerprint density at radius 2 is 1.65 bits per heavy atom. The van der Waals surface area contributed by atoms with Crippen molar-refractivity contribution in [2.75, 3.05) is 0 Å². The first-order valence-corrected chi connectivity index (χ1v) is 9.13. The van der Waals surface area contributed by atoms with Crippen LogP contribution in [0.2, 0.25) is 0 Å². The lowest BCUT2D eigenvalue weighted by atomic mass is 9.61. The topological polar surface area (TPSA) is 23.8 Å². The molecule has 2 fully saturated rings. The van der Waals surface area contributed by atoms with Crippen molar-refractivity contribution in [3.8, 4) is 6.07 Å². The molecule has 1 atom stereocenters. The fourth-order valence-corrected chi connectivity index (χ4v) is 4.73. The molecule has 0 saturated heterocycles. The zero-order valence-corrected chi connectivity index (χ0v) is 13.7. The molecular formula is C19H33N. The van der Waals surface area contributed by atoms with Gasteiger partial charge in [0.15, 0.2) is 0 Å². The Hall–Kier alpha value is -0.510. The van der Waals surface area contributed by atoms with Crippen LogP contribution in [-0.2, 0) is 0 Å². The summed E-state index contributed by atoms with van der Waals surface area (Å²) >= 11 is 0. The molecule has 20 heavy (non-hydrogen) atoms. The van der Waals surface area contributed by atoms with Crippen LogP contribution in [0.25, 0.3) is 0 Å². The van der Waals surface area contributed by atoms with E-state index in [-0.39, 0.29) is 5.41 Å². The molecule has 2 saturated carbocycles. The van der Waals surface area contributed by atoms with Gasteiger partial charge in [0.25, 0.3) is 0 Å². The van der Waals surface area contributed by atoms with Gasteiger partial charge in [0, 0.05) is 0 Å². The molecule has 0 aromatic rings. The van der Waals surface area contributed by atoms with E-state index >= 15 is 0 Å². The molecule has 2 rings (SSSR count). The average Bonchev–Trinajstić information content (AvgIpc) is 2.53. The highest BCUT2D eigenvalue weighted by Crippen LogP contribution is 2.49. The quantitative estimate of drug-likeness (QED) is 0.595. The Bertz CT molecular complexity index is 313. The third kappa shape index (κ3) is 3.57. The molecular weight excluding hydrogens is 242 g/mol. The van der Waals surface area contributed by atoms with Crippen LogP contribution in [0, 0.1) is 34.5 Å². The second-order valence-corrected chi connectivity index (χ2v) is 7.55. The Morgan fingerprint density at radius 1 is 1.05 bits per heavy atom. The molecule has 0 aliphatic heterocycles. The van der Waals surface area contributed by atoms with Crippen molar-refractivity contribution in [1.29, 1.82) is 5.26 Å². The minimum atomic E-state index is 0.0142. The summed E-state index contributed by atoms with van der Waals surface area (Å²) in [6, 6.07) is 2.75. The molecule has 2 aliphatic rings. The van der Waals surface area contributed by atoms with Gasteiger partial charge < -0.3 is 0 Å². The van der Waals surface area contributed by atoms with Gasteiger partial charge in [-0.2, -0.15) is 5.26 Å². The summed E-state index contributed by atoms with van der Waals surface area (Å²) in [5.41, 5.74) is 0.0142. The molecule has 2 aliphatic carbocycles. The molecule has 1 heteroatoms. The number of nitriles is 1. The van der Waals surface area contributed by atoms with Gasteiger partial charge >= 0.3 is 0 Å².